The summed E-state index contributed by atoms with van der Waals surface area (Å²) in [5, 5.41) is 2.61. The Labute approximate surface area is 135 Å². The SMILES string of the molecule is CC(C(=O)NC1=C(N(C)C)C(=O)c2ncccc2C1=O)N(C)C. The minimum absolute atomic E-state index is 0.000741. The highest BCUT2D eigenvalue weighted by Gasteiger charge is 2.35. The molecule has 0 fully saturated rings. The molecule has 1 unspecified atom stereocenters. The average Bonchev–Trinajstić information content (AvgIpc) is 2.51. The number of fused-ring (bicyclic) bond motifs is 1. The number of carbonyl (C=O) groups excluding carboxylic acids is 3. The molecule has 0 saturated heterocycles. The number of rotatable bonds is 4. The van der Waals surface area contributed by atoms with Gasteiger partial charge in [0.25, 0.3) is 0 Å². The zero-order chi connectivity index (χ0) is 17.3. The molecule has 0 bridgehead atoms. The van der Waals surface area contributed by atoms with Gasteiger partial charge in [0.1, 0.15) is 17.1 Å². The molecule has 0 spiro atoms. The summed E-state index contributed by atoms with van der Waals surface area (Å²) in [6.45, 7) is 1.72. The van der Waals surface area contributed by atoms with E-state index >= 15 is 0 Å². The van der Waals surface area contributed by atoms with Gasteiger partial charge in [0.2, 0.25) is 17.5 Å². The first-order chi connectivity index (χ1) is 10.8. The third-order valence-electron chi connectivity index (χ3n) is 3.80. The van der Waals surface area contributed by atoms with E-state index < -0.39 is 11.8 Å². The van der Waals surface area contributed by atoms with E-state index in [2.05, 4.69) is 10.3 Å². The van der Waals surface area contributed by atoms with Crippen LogP contribution in [0.2, 0.25) is 0 Å². The maximum atomic E-state index is 12.7. The standard InChI is InChI=1S/C16H20N4O3/c1-9(19(2)3)16(23)18-12-13(20(4)5)15(22)11-10(14(12)21)7-6-8-17-11/h6-9H,1-5H3,(H,18,23). The highest BCUT2D eigenvalue weighted by Crippen LogP contribution is 2.24. The number of pyridine rings is 1. The molecule has 1 aliphatic carbocycles. The lowest BCUT2D eigenvalue weighted by atomic mass is 9.93. The lowest BCUT2D eigenvalue weighted by Gasteiger charge is -2.26. The zero-order valence-electron chi connectivity index (χ0n) is 13.9. The van der Waals surface area contributed by atoms with Gasteiger partial charge in [0.05, 0.1) is 11.6 Å². The quantitative estimate of drug-likeness (QED) is 0.860. The Morgan fingerprint density at radius 3 is 2.39 bits per heavy atom. The number of hydrogen-bond donors (Lipinski definition) is 1. The number of nitrogens with one attached hydrogen (secondary N) is 1. The lowest BCUT2D eigenvalue weighted by Crippen LogP contribution is -2.45. The van der Waals surface area contributed by atoms with Crippen molar-refractivity contribution in [2.45, 2.75) is 13.0 Å². The van der Waals surface area contributed by atoms with Crippen LogP contribution in [-0.2, 0) is 4.79 Å². The predicted molar refractivity (Wildman–Crippen MR) is 84.9 cm³/mol. The largest absolute Gasteiger partial charge is 0.373 e. The molecule has 1 atom stereocenters. The first-order valence-corrected chi connectivity index (χ1v) is 7.19. The molecular weight excluding hydrogens is 296 g/mol. The van der Waals surface area contributed by atoms with E-state index in [-0.39, 0.29) is 34.3 Å². The van der Waals surface area contributed by atoms with Crippen LogP contribution >= 0.6 is 0 Å². The van der Waals surface area contributed by atoms with Crippen LogP contribution in [0.3, 0.4) is 0 Å². The van der Waals surface area contributed by atoms with Crippen LogP contribution in [0.15, 0.2) is 29.7 Å². The summed E-state index contributed by atoms with van der Waals surface area (Å²) in [5.74, 6) is -1.13. The van der Waals surface area contributed by atoms with Gasteiger partial charge in [-0.05, 0) is 33.2 Å². The molecule has 0 aliphatic heterocycles. The number of hydrogen-bond acceptors (Lipinski definition) is 6. The number of aromatic nitrogens is 1. The smallest absolute Gasteiger partial charge is 0.241 e. The summed E-state index contributed by atoms with van der Waals surface area (Å²) in [5.41, 5.74) is 0.454. The monoisotopic (exact) mass is 316 g/mol. The van der Waals surface area contributed by atoms with Crippen molar-refractivity contribution in [1.29, 1.82) is 0 Å². The fraction of sp³-hybridized carbons (Fsp3) is 0.375. The third-order valence-corrected chi connectivity index (χ3v) is 3.80. The van der Waals surface area contributed by atoms with Crippen molar-refractivity contribution in [3.63, 3.8) is 0 Å². The van der Waals surface area contributed by atoms with Gasteiger partial charge in [0, 0.05) is 20.3 Å². The molecule has 0 saturated carbocycles. The third kappa shape index (κ3) is 3.00. The Kier molecular flexibility index (Phi) is 4.60. The van der Waals surface area contributed by atoms with Crippen molar-refractivity contribution in [3.8, 4) is 0 Å². The molecule has 2 rings (SSSR count). The van der Waals surface area contributed by atoms with Crippen LogP contribution < -0.4 is 5.32 Å². The van der Waals surface area contributed by atoms with Crippen molar-refractivity contribution in [3.05, 3.63) is 41.0 Å². The molecular formula is C16H20N4O3. The van der Waals surface area contributed by atoms with Gasteiger partial charge in [0.15, 0.2) is 0 Å². The fourth-order valence-corrected chi connectivity index (χ4v) is 2.24. The van der Waals surface area contributed by atoms with Gasteiger partial charge in [-0.1, -0.05) is 0 Å². The molecule has 23 heavy (non-hydrogen) atoms. The van der Waals surface area contributed by atoms with E-state index in [1.165, 1.54) is 17.2 Å². The molecule has 7 heteroatoms. The second-order valence-electron chi connectivity index (χ2n) is 5.80. The van der Waals surface area contributed by atoms with E-state index in [4.69, 9.17) is 0 Å². The Hall–Kier alpha value is -2.54. The van der Waals surface area contributed by atoms with Crippen LogP contribution in [0.25, 0.3) is 0 Å². The van der Waals surface area contributed by atoms with Gasteiger partial charge in [-0.15, -0.1) is 0 Å². The van der Waals surface area contributed by atoms with Crippen LogP contribution in [0.1, 0.15) is 27.8 Å². The number of ketones is 2. The lowest BCUT2D eigenvalue weighted by molar-refractivity contribution is -0.124. The van der Waals surface area contributed by atoms with Crippen LogP contribution in [0, 0.1) is 0 Å². The van der Waals surface area contributed by atoms with Crippen molar-refractivity contribution in [2.24, 2.45) is 0 Å². The maximum Gasteiger partial charge on any atom is 0.241 e. The minimum atomic E-state index is -0.441. The maximum absolute atomic E-state index is 12.7. The summed E-state index contributed by atoms with van der Waals surface area (Å²) >= 11 is 0. The number of carbonyl (C=O) groups is 3. The number of allylic oxidation sites excluding steroid dienone is 2. The fourth-order valence-electron chi connectivity index (χ4n) is 2.24. The van der Waals surface area contributed by atoms with Gasteiger partial charge >= 0.3 is 0 Å². The van der Waals surface area contributed by atoms with Gasteiger partial charge in [-0.25, -0.2) is 0 Å². The number of amides is 1. The Morgan fingerprint density at radius 2 is 1.83 bits per heavy atom. The van der Waals surface area contributed by atoms with Gasteiger partial charge in [-0.3, -0.25) is 24.3 Å². The Morgan fingerprint density at radius 1 is 1.17 bits per heavy atom. The molecule has 0 radical (unpaired) electrons. The summed E-state index contributed by atoms with van der Waals surface area (Å²) in [6, 6.07) is 2.69. The molecule has 1 amide bonds. The second kappa shape index (κ2) is 6.29. The summed E-state index contributed by atoms with van der Waals surface area (Å²) in [6.07, 6.45) is 1.47. The van der Waals surface area contributed by atoms with Crippen molar-refractivity contribution >= 4 is 17.5 Å². The summed E-state index contributed by atoms with van der Waals surface area (Å²) in [7, 11) is 6.82. The molecule has 1 N–H and O–H groups in total. The topological polar surface area (TPSA) is 82.6 Å². The Balaban J connectivity index is 2.49. The van der Waals surface area contributed by atoms with Gasteiger partial charge < -0.3 is 10.2 Å². The van der Waals surface area contributed by atoms with Crippen LogP contribution in [0.5, 0.6) is 0 Å². The molecule has 122 valence electrons. The van der Waals surface area contributed by atoms with Crippen molar-refractivity contribution < 1.29 is 14.4 Å². The van der Waals surface area contributed by atoms with E-state index in [9.17, 15) is 14.4 Å². The van der Waals surface area contributed by atoms with E-state index in [0.717, 1.165) is 0 Å². The van der Waals surface area contributed by atoms with Crippen molar-refractivity contribution in [2.75, 3.05) is 28.2 Å². The summed E-state index contributed by atoms with van der Waals surface area (Å²) < 4.78 is 0. The molecule has 1 aromatic heterocycles. The van der Waals surface area contributed by atoms with Crippen molar-refractivity contribution in [1.82, 2.24) is 20.1 Å². The second-order valence-corrected chi connectivity index (χ2v) is 5.80. The first-order valence-electron chi connectivity index (χ1n) is 7.19. The average molecular weight is 316 g/mol. The Bertz CT molecular complexity index is 707. The first kappa shape index (κ1) is 16.8. The molecule has 1 heterocycles. The molecule has 7 nitrogen and oxygen atoms in total. The van der Waals surface area contributed by atoms with E-state index in [1.807, 2.05) is 0 Å². The molecule has 0 aromatic carbocycles. The highest BCUT2D eigenvalue weighted by molar-refractivity contribution is 6.26. The predicted octanol–water partition coefficient (Wildman–Crippen LogP) is 0.300. The minimum Gasteiger partial charge on any atom is -0.373 e. The van der Waals surface area contributed by atoms with E-state index in [0.29, 0.717) is 0 Å². The van der Waals surface area contributed by atoms with Crippen LogP contribution in [-0.4, -0.2) is 66.5 Å². The zero-order valence-corrected chi connectivity index (χ0v) is 13.9. The molecule has 1 aliphatic rings. The van der Waals surface area contributed by atoms with Crippen LogP contribution in [0.4, 0.5) is 0 Å². The van der Waals surface area contributed by atoms with Gasteiger partial charge in [-0.2, -0.15) is 0 Å². The normalized spacial score (nSPS) is 15.6. The van der Waals surface area contributed by atoms with E-state index in [1.54, 1.807) is 46.1 Å². The summed E-state index contributed by atoms with van der Waals surface area (Å²) in [4.78, 5) is 44.9. The number of nitrogens with zero attached hydrogens (tertiary/aromatic N) is 3. The number of Topliss-reactive ketones (excluding diaryl/α,β-unsaturated/α-hetero) is 2. The molecule has 1 aromatic rings. The highest BCUT2D eigenvalue weighted by atomic mass is 16.2. The number of likely N-dealkylation sites (N-methyl/N-ethyl adjacent to an activating group) is 2.